The number of benzene rings is 1. The van der Waals surface area contributed by atoms with Crippen molar-refractivity contribution in [3.05, 3.63) is 45.0 Å². The summed E-state index contributed by atoms with van der Waals surface area (Å²) in [7, 11) is 0. The third kappa shape index (κ3) is 3.36. The Kier molecular flexibility index (Phi) is 5.34. The number of aliphatic hydroxyl groups is 2. The molecule has 0 saturated carbocycles. The van der Waals surface area contributed by atoms with Gasteiger partial charge in [0.25, 0.3) is 0 Å². The smallest absolute Gasteiger partial charge is 0.340 e. The quantitative estimate of drug-likeness (QED) is 0.639. The largest absolute Gasteiger partial charge is 0.463 e. The summed E-state index contributed by atoms with van der Waals surface area (Å²) in [4.78, 5) is 26.4. The zero-order valence-electron chi connectivity index (χ0n) is 15.7. The first-order valence-corrected chi connectivity index (χ1v) is 8.82. The van der Waals surface area contributed by atoms with E-state index in [-0.39, 0.29) is 44.2 Å². The Hall–Kier alpha value is -2.64. The van der Waals surface area contributed by atoms with E-state index in [0.717, 1.165) is 16.5 Å². The first kappa shape index (κ1) is 19.1. The third-order valence-electron chi connectivity index (χ3n) is 4.89. The SMILES string of the molecule is Cc1coc2c1c(C)cc1oc(=O)c(CC(=O)N(CCO)CCO)c(C)c12. The summed E-state index contributed by atoms with van der Waals surface area (Å²) >= 11 is 0. The van der Waals surface area contributed by atoms with Gasteiger partial charge in [-0.1, -0.05) is 0 Å². The maximum Gasteiger partial charge on any atom is 0.340 e. The minimum Gasteiger partial charge on any atom is -0.463 e. The fourth-order valence-electron chi connectivity index (χ4n) is 3.54. The number of furan rings is 1. The van der Waals surface area contributed by atoms with Crippen molar-refractivity contribution >= 4 is 27.8 Å². The first-order chi connectivity index (χ1) is 12.9. The normalized spacial score (nSPS) is 11.4. The van der Waals surface area contributed by atoms with Gasteiger partial charge in [-0.2, -0.15) is 0 Å². The molecule has 2 aromatic heterocycles. The fourth-order valence-corrected chi connectivity index (χ4v) is 3.54. The molecule has 0 radical (unpaired) electrons. The first-order valence-electron chi connectivity index (χ1n) is 8.82. The van der Waals surface area contributed by atoms with Crippen molar-refractivity contribution in [2.45, 2.75) is 27.2 Å². The molecule has 0 unspecified atom stereocenters. The second-order valence-electron chi connectivity index (χ2n) is 6.69. The van der Waals surface area contributed by atoms with Crippen molar-refractivity contribution in [2.24, 2.45) is 0 Å². The van der Waals surface area contributed by atoms with Crippen molar-refractivity contribution < 1.29 is 23.8 Å². The number of rotatable bonds is 6. The van der Waals surface area contributed by atoms with E-state index in [1.165, 1.54) is 4.90 Å². The highest BCUT2D eigenvalue weighted by Gasteiger charge is 2.22. The minimum atomic E-state index is -0.566. The summed E-state index contributed by atoms with van der Waals surface area (Å²) in [5.41, 5.74) is 3.34. The van der Waals surface area contributed by atoms with Crippen LogP contribution in [0.1, 0.15) is 22.3 Å². The highest BCUT2D eigenvalue weighted by Crippen LogP contribution is 2.34. The molecule has 0 bridgehead atoms. The molecule has 144 valence electrons. The summed E-state index contributed by atoms with van der Waals surface area (Å²) in [6, 6.07) is 1.81. The molecular formula is C20H23NO6. The molecule has 27 heavy (non-hydrogen) atoms. The molecule has 1 aromatic carbocycles. The molecule has 2 heterocycles. The molecule has 0 aliphatic heterocycles. The summed E-state index contributed by atoms with van der Waals surface area (Å²) in [6.45, 7) is 5.41. The van der Waals surface area contributed by atoms with Crippen LogP contribution in [0, 0.1) is 20.8 Å². The summed E-state index contributed by atoms with van der Waals surface area (Å²) in [5.74, 6) is -0.355. The van der Waals surface area contributed by atoms with Crippen molar-refractivity contribution in [3.8, 4) is 0 Å². The standard InChI is InChI=1S/C20H23NO6/c1-11-8-15-18(19-17(11)12(2)10-26-19)13(3)14(20(25)27-15)9-16(24)21(4-6-22)5-7-23/h8,10,22-23H,4-7,9H2,1-3H3. The van der Waals surface area contributed by atoms with Crippen LogP contribution in [0.2, 0.25) is 0 Å². The lowest BCUT2D eigenvalue weighted by atomic mass is 9.98. The van der Waals surface area contributed by atoms with Crippen LogP contribution in [0.4, 0.5) is 0 Å². The number of hydrogen-bond acceptors (Lipinski definition) is 6. The monoisotopic (exact) mass is 373 g/mol. The molecule has 0 aliphatic carbocycles. The summed E-state index contributed by atoms with van der Waals surface area (Å²) < 4.78 is 11.2. The van der Waals surface area contributed by atoms with Crippen LogP contribution in [0.5, 0.6) is 0 Å². The number of carbonyl (C=O) groups is 1. The zero-order valence-corrected chi connectivity index (χ0v) is 15.7. The van der Waals surface area contributed by atoms with Gasteiger partial charge in [0.05, 0.1) is 36.8 Å². The van der Waals surface area contributed by atoms with Crippen LogP contribution in [0.15, 0.2) is 26.0 Å². The van der Waals surface area contributed by atoms with E-state index in [0.29, 0.717) is 22.1 Å². The minimum absolute atomic E-state index is 0.0954. The fraction of sp³-hybridized carbons (Fsp3) is 0.400. The number of aryl methyl sites for hydroxylation is 3. The lowest BCUT2D eigenvalue weighted by molar-refractivity contribution is -0.131. The molecule has 0 saturated heterocycles. The van der Waals surface area contributed by atoms with E-state index >= 15 is 0 Å². The number of aliphatic hydroxyl groups excluding tert-OH is 2. The van der Waals surface area contributed by atoms with Gasteiger partial charge in [0.15, 0.2) is 0 Å². The van der Waals surface area contributed by atoms with Gasteiger partial charge in [-0.05, 0) is 43.5 Å². The second kappa shape index (κ2) is 7.54. The van der Waals surface area contributed by atoms with E-state index in [9.17, 15) is 9.59 Å². The van der Waals surface area contributed by atoms with Gasteiger partial charge in [-0.25, -0.2) is 4.79 Å². The number of fused-ring (bicyclic) bond motifs is 3. The van der Waals surface area contributed by atoms with Crippen molar-refractivity contribution in [1.29, 1.82) is 0 Å². The zero-order chi connectivity index (χ0) is 19.7. The molecule has 7 heteroatoms. The van der Waals surface area contributed by atoms with Crippen LogP contribution < -0.4 is 5.63 Å². The van der Waals surface area contributed by atoms with Crippen LogP contribution in [0.25, 0.3) is 21.9 Å². The molecular weight excluding hydrogens is 350 g/mol. The molecule has 1 amide bonds. The number of hydrogen-bond donors (Lipinski definition) is 2. The lowest BCUT2D eigenvalue weighted by Gasteiger charge is -2.21. The predicted molar refractivity (Wildman–Crippen MR) is 101 cm³/mol. The van der Waals surface area contributed by atoms with Crippen molar-refractivity contribution in [3.63, 3.8) is 0 Å². The third-order valence-corrected chi connectivity index (χ3v) is 4.89. The Labute approximate surface area is 155 Å². The highest BCUT2D eigenvalue weighted by molar-refractivity contribution is 6.07. The molecule has 3 rings (SSSR count). The van der Waals surface area contributed by atoms with Crippen LogP contribution in [-0.2, 0) is 11.2 Å². The van der Waals surface area contributed by atoms with Crippen molar-refractivity contribution in [1.82, 2.24) is 4.90 Å². The van der Waals surface area contributed by atoms with Gasteiger partial charge < -0.3 is 23.9 Å². The molecule has 2 N–H and O–H groups in total. The second-order valence-corrected chi connectivity index (χ2v) is 6.69. The topological polar surface area (TPSA) is 104 Å². The molecule has 3 aromatic rings. The Bertz CT molecular complexity index is 1060. The van der Waals surface area contributed by atoms with Gasteiger partial charge in [0.2, 0.25) is 5.91 Å². The van der Waals surface area contributed by atoms with Gasteiger partial charge in [-0.3, -0.25) is 4.79 Å². The Morgan fingerprint density at radius 2 is 1.74 bits per heavy atom. The molecule has 0 spiro atoms. The van der Waals surface area contributed by atoms with Gasteiger partial charge in [0, 0.05) is 18.5 Å². The summed E-state index contributed by atoms with van der Waals surface area (Å²) in [6.07, 6.45) is 1.50. The Morgan fingerprint density at radius 1 is 1.07 bits per heavy atom. The van der Waals surface area contributed by atoms with Crippen LogP contribution in [-0.4, -0.2) is 47.3 Å². The van der Waals surface area contributed by atoms with E-state index < -0.39 is 5.63 Å². The average molecular weight is 373 g/mol. The maximum atomic E-state index is 12.6. The van der Waals surface area contributed by atoms with Gasteiger partial charge >= 0.3 is 5.63 Å². The average Bonchev–Trinajstić information content (AvgIpc) is 3.00. The molecule has 0 aliphatic rings. The molecule has 7 nitrogen and oxygen atoms in total. The van der Waals surface area contributed by atoms with E-state index in [2.05, 4.69) is 0 Å². The van der Waals surface area contributed by atoms with Crippen LogP contribution in [0.3, 0.4) is 0 Å². The molecule has 0 fully saturated rings. The Morgan fingerprint density at radius 3 is 2.37 bits per heavy atom. The highest BCUT2D eigenvalue weighted by atomic mass is 16.4. The van der Waals surface area contributed by atoms with Gasteiger partial charge in [-0.15, -0.1) is 0 Å². The van der Waals surface area contributed by atoms with Gasteiger partial charge in [0.1, 0.15) is 11.2 Å². The van der Waals surface area contributed by atoms with Crippen LogP contribution >= 0.6 is 0 Å². The lowest BCUT2D eigenvalue weighted by Crippen LogP contribution is -2.37. The predicted octanol–water partition coefficient (Wildman–Crippen LogP) is 1.82. The summed E-state index contributed by atoms with van der Waals surface area (Å²) in [5, 5.41) is 19.9. The van der Waals surface area contributed by atoms with Crippen molar-refractivity contribution in [2.75, 3.05) is 26.3 Å². The number of amides is 1. The van der Waals surface area contributed by atoms with E-state index in [1.54, 1.807) is 13.2 Å². The van der Waals surface area contributed by atoms with E-state index in [4.69, 9.17) is 19.0 Å². The van der Waals surface area contributed by atoms with E-state index in [1.807, 2.05) is 19.9 Å². The maximum absolute atomic E-state index is 12.6. The number of carbonyl (C=O) groups excluding carboxylic acids is 1. The molecule has 0 atom stereocenters. The Balaban J connectivity index is 2.14. The number of nitrogens with zero attached hydrogens (tertiary/aromatic N) is 1.